The van der Waals surface area contributed by atoms with Crippen LogP contribution in [0.5, 0.6) is 0 Å². The Kier molecular flexibility index (Phi) is 8.42. The Bertz CT molecular complexity index is 1310. The molecule has 0 fully saturated rings. The van der Waals surface area contributed by atoms with Gasteiger partial charge < -0.3 is 4.55 Å². The Morgan fingerprint density at radius 1 is 0.581 bits per heavy atom. The largest absolute Gasteiger partial charge is 0.748 e. The maximum absolute atomic E-state index is 9.08. The fraction of sp³-hybridized carbons (Fsp3) is 0.200. The van der Waals surface area contributed by atoms with E-state index in [4.69, 9.17) is 22.9 Å². The lowest BCUT2D eigenvalue weighted by atomic mass is 9.99. The van der Waals surface area contributed by atoms with Gasteiger partial charge in [-0.15, -0.1) is 0 Å². The summed E-state index contributed by atoms with van der Waals surface area (Å²) in [6.07, 6.45) is 0.604. The van der Waals surface area contributed by atoms with Crippen molar-refractivity contribution in [3.8, 4) is 0 Å². The highest BCUT2D eigenvalue weighted by Crippen LogP contribution is 2.33. The van der Waals surface area contributed by atoms with Crippen LogP contribution in [-0.2, 0) is 10.1 Å². The molecule has 5 aromatic rings. The molecule has 31 heavy (non-hydrogen) atoms. The third-order valence-electron chi connectivity index (χ3n) is 4.23. The zero-order valence-electron chi connectivity index (χ0n) is 18.5. The highest BCUT2D eigenvalue weighted by Gasteiger charge is 2.11. The van der Waals surface area contributed by atoms with Gasteiger partial charge in [-0.3, -0.25) is 0 Å². The molecule has 6 heteroatoms. The molecule has 0 aliphatic carbocycles. The van der Waals surface area contributed by atoms with Gasteiger partial charge in [0.05, 0.1) is 32.2 Å². The first-order valence-electron chi connectivity index (χ1n) is 10.3. The van der Waals surface area contributed by atoms with Gasteiger partial charge >= 0.3 is 0 Å². The number of aromatic nitrogens is 2. The Morgan fingerprint density at radius 3 is 1.16 bits per heavy atom. The summed E-state index contributed by atoms with van der Waals surface area (Å²) in [4.78, 5) is 9.79. The lowest BCUT2D eigenvalue weighted by Gasteiger charge is -2.09. The maximum atomic E-state index is 9.08. The van der Waals surface area contributed by atoms with Gasteiger partial charge in [0.2, 0.25) is 0 Å². The lowest BCUT2D eigenvalue weighted by Crippen LogP contribution is -1.90. The molecule has 0 aliphatic heterocycles. The molecule has 0 N–H and O–H groups in total. The van der Waals surface area contributed by atoms with Crippen molar-refractivity contribution in [1.82, 2.24) is 9.97 Å². The van der Waals surface area contributed by atoms with Crippen molar-refractivity contribution in [2.24, 2.45) is 0 Å². The fourth-order valence-corrected chi connectivity index (χ4v) is 3.22. The molecule has 0 unspecified atom stereocenters. The number of para-hydroxylation sites is 2. The van der Waals surface area contributed by atoms with Gasteiger partial charge in [-0.25, -0.2) is 18.4 Å². The molecular weight excluding hydrogens is 408 g/mol. The second-order valence-electron chi connectivity index (χ2n) is 6.20. The van der Waals surface area contributed by atoms with Crippen molar-refractivity contribution >= 4 is 53.7 Å². The quantitative estimate of drug-likeness (QED) is 0.162. The van der Waals surface area contributed by atoms with Crippen LogP contribution < -0.4 is 0 Å². The summed E-state index contributed by atoms with van der Waals surface area (Å²) >= 11 is 0. The normalized spacial score (nSPS) is 10.5. The number of hydrogen-bond donors (Lipinski definition) is 0. The summed E-state index contributed by atoms with van der Waals surface area (Å²) < 4.78 is 27.2. The van der Waals surface area contributed by atoms with Crippen LogP contribution in [0.4, 0.5) is 0 Å². The van der Waals surface area contributed by atoms with Crippen LogP contribution in [-0.4, -0.2) is 29.2 Å². The minimum Gasteiger partial charge on any atom is -0.748 e. The maximum Gasteiger partial charge on any atom is 0.0979 e. The number of hydrogen-bond acceptors (Lipinski definition) is 5. The molecule has 0 saturated carbocycles. The van der Waals surface area contributed by atoms with E-state index < -0.39 is 10.1 Å². The van der Waals surface area contributed by atoms with Crippen molar-refractivity contribution in [1.29, 1.82) is 0 Å². The SMILES string of the molecule is CC.CC.CS(=O)(=O)[O-].c1ccc2nc3c4ccccc4c4ccccc4c3nc2c1. The Morgan fingerprint density at radius 2 is 0.839 bits per heavy atom. The summed E-state index contributed by atoms with van der Waals surface area (Å²) in [5.41, 5.74) is 3.84. The van der Waals surface area contributed by atoms with Crippen molar-refractivity contribution in [2.75, 3.05) is 6.26 Å². The Balaban J connectivity index is 0.000000332. The predicted molar refractivity (Wildman–Crippen MR) is 130 cm³/mol. The average Bonchev–Trinajstić information content (AvgIpc) is 2.80. The van der Waals surface area contributed by atoms with Gasteiger partial charge in [-0.2, -0.15) is 0 Å². The summed E-state index contributed by atoms with van der Waals surface area (Å²) in [7, 11) is -3.92. The molecule has 0 saturated heterocycles. The van der Waals surface area contributed by atoms with Crippen LogP contribution in [0.25, 0.3) is 43.6 Å². The Labute approximate surface area is 183 Å². The van der Waals surface area contributed by atoms with E-state index >= 15 is 0 Å². The first-order chi connectivity index (χ1) is 14.9. The monoisotopic (exact) mass is 435 g/mol. The number of benzene rings is 4. The summed E-state index contributed by atoms with van der Waals surface area (Å²) in [5.74, 6) is 0. The number of rotatable bonds is 0. The standard InChI is InChI=1S/C20H12N2.2C2H6.CH4O3S/c1-3-9-15-13(7-1)14-8-2-4-10-16(14)20-19(15)21-17-11-5-6-12-18(17)22-20;2*1-2;1-5(2,3)4/h1-12H;2*1-2H3;1H3,(H,2,3,4)/p-1. The minimum atomic E-state index is -3.92. The van der Waals surface area contributed by atoms with Crippen LogP contribution in [0.1, 0.15) is 27.7 Å². The molecule has 1 heterocycles. The van der Waals surface area contributed by atoms with E-state index in [1.54, 1.807) is 0 Å². The van der Waals surface area contributed by atoms with Crippen molar-refractivity contribution in [3.63, 3.8) is 0 Å². The van der Waals surface area contributed by atoms with Gasteiger partial charge in [0.15, 0.2) is 0 Å². The molecule has 0 amide bonds. The van der Waals surface area contributed by atoms with E-state index in [1.165, 1.54) is 10.8 Å². The molecular formula is C25H27N2O3S-. The van der Waals surface area contributed by atoms with E-state index in [2.05, 4.69) is 48.5 Å². The van der Waals surface area contributed by atoms with Gasteiger partial charge in [0.1, 0.15) is 0 Å². The molecule has 162 valence electrons. The van der Waals surface area contributed by atoms with Gasteiger partial charge in [-0.1, -0.05) is 88.4 Å². The van der Waals surface area contributed by atoms with Crippen LogP contribution in [0.15, 0.2) is 72.8 Å². The van der Waals surface area contributed by atoms with Gasteiger partial charge in [-0.05, 0) is 22.9 Å². The van der Waals surface area contributed by atoms with Gasteiger partial charge in [0, 0.05) is 17.0 Å². The number of nitrogens with zero attached hydrogens (tertiary/aromatic N) is 2. The van der Waals surface area contributed by atoms with Crippen LogP contribution in [0, 0.1) is 0 Å². The first-order valence-corrected chi connectivity index (χ1v) is 12.1. The third-order valence-corrected chi connectivity index (χ3v) is 4.23. The molecule has 5 nitrogen and oxygen atoms in total. The highest BCUT2D eigenvalue weighted by atomic mass is 32.2. The molecule has 0 spiro atoms. The molecule has 4 aromatic carbocycles. The zero-order valence-corrected chi connectivity index (χ0v) is 19.3. The smallest absolute Gasteiger partial charge is 0.0979 e. The summed E-state index contributed by atoms with van der Waals surface area (Å²) in [6, 6.07) is 24.9. The second kappa shape index (κ2) is 10.8. The van der Waals surface area contributed by atoms with Crippen LogP contribution in [0.2, 0.25) is 0 Å². The predicted octanol–water partition coefficient (Wildman–Crippen LogP) is 6.30. The van der Waals surface area contributed by atoms with Crippen LogP contribution >= 0.6 is 0 Å². The number of fused-ring (bicyclic) bond motifs is 7. The lowest BCUT2D eigenvalue weighted by molar-refractivity contribution is 0.470. The molecule has 0 bridgehead atoms. The van der Waals surface area contributed by atoms with Crippen molar-refractivity contribution in [3.05, 3.63) is 72.8 Å². The Hall–Kier alpha value is -3.09. The molecule has 5 rings (SSSR count). The average molecular weight is 436 g/mol. The van der Waals surface area contributed by atoms with E-state index in [9.17, 15) is 0 Å². The molecule has 1 aromatic heterocycles. The van der Waals surface area contributed by atoms with Crippen molar-refractivity contribution < 1.29 is 13.0 Å². The van der Waals surface area contributed by atoms with Gasteiger partial charge in [0.25, 0.3) is 0 Å². The molecule has 0 radical (unpaired) electrons. The van der Waals surface area contributed by atoms with E-state index in [-0.39, 0.29) is 0 Å². The van der Waals surface area contributed by atoms with E-state index in [0.29, 0.717) is 6.26 Å². The second-order valence-corrected chi connectivity index (χ2v) is 7.61. The summed E-state index contributed by atoms with van der Waals surface area (Å²) in [5, 5.41) is 4.79. The van der Waals surface area contributed by atoms with E-state index in [0.717, 1.165) is 32.8 Å². The first kappa shape index (κ1) is 24.2. The molecule has 0 atom stereocenters. The topological polar surface area (TPSA) is 83.0 Å². The van der Waals surface area contributed by atoms with E-state index in [1.807, 2.05) is 52.0 Å². The summed E-state index contributed by atoms with van der Waals surface area (Å²) in [6.45, 7) is 8.00. The third kappa shape index (κ3) is 5.75. The fourth-order valence-electron chi connectivity index (χ4n) is 3.22. The van der Waals surface area contributed by atoms with Crippen molar-refractivity contribution in [2.45, 2.75) is 27.7 Å². The van der Waals surface area contributed by atoms with Crippen LogP contribution in [0.3, 0.4) is 0 Å². The highest BCUT2D eigenvalue weighted by molar-refractivity contribution is 7.84. The zero-order chi connectivity index (χ0) is 23.0. The minimum absolute atomic E-state index is 0.604. The molecule has 0 aliphatic rings.